The van der Waals surface area contributed by atoms with Crippen LogP contribution in [0.2, 0.25) is 0 Å². The van der Waals surface area contributed by atoms with Crippen LogP contribution in [-0.2, 0) is 0 Å². The first-order valence-electron chi connectivity index (χ1n) is 4.40. The Kier molecular flexibility index (Phi) is 2.21. The maximum Gasteiger partial charge on any atom is 0.242 e. The second kappa shape index (κ2) is 3.53. The maximum absolute atomic E-state index is 11.6. The number of hydrogen-bond acceptors (Lipinski definition) is 4. The number of rotatable bonds is 1. The molecule has 15 heavy (non-hydrogen) atoms. The third-order valence-corrected chi connectivity index (χ3v) is 2.12. The zero-order chi connectivity index (χ0) is 10.8. The fourth-order valence-electron chi connectivity index (χ4n) is 1.31. The summed E-state index contributed by atoms with van der Waals surface area (Å²) in [6.07, 6.45) is 1.29. The van der Waals surface area contributed by atoms with Crippen LogP contribution in [0, 0.1) is 5.21 Å². The van der Waals surface area contributed by atoms with Crippen molar-refractivity contribution >= 4 is 16.7 Å². The third kappa shape index (κ3) is 1.59. The molecule has 5 nitrogen and oxygen atoms in total. The van der Waals surface area contributed by atoms with Crippen LogP contribution in [0.15, 0.2) is 35.6 Å². The number of fused-ring (bicyclic) bond motifs is 1. The number of benzene rings is 1. The molecule has 0 aliphatic carbocycles. The molecule has 2 rings (SSSR count). The van der Waals surface area contributed by atoms with E-state index in [-0.39, 0.29) is 0 Å². The lowest BCUT2D eigenvalue weighted by Crippen LogP contribution is -2.28. The van der Waals surface area contributed by atoms with Gasteiger partial charge in [0.15, 0.2) is 5.69 Å². The molecule has 76 valence electrons. The highest BCUT2D eigenvalue weighted by atomic mass is 16.5. The van der Waals surface area contributed by atoms with Crippen molar-refractivity contribution in [1.82, 2.24) is 4.98 Å². The average Bonchev–Trinajstić information content (AvgIpc) is 2.28. The molecule has 1 N–H and O–H groups in total. The predicted octanol–water partition coefficient (Wildman–Crippen LogP) is 1.07. The van der Waals surface area contributed by atoms with Gasteiger partial charge in [0.2, 0.25) is 11.7 Å². The van der Waals surface area contributed by atoms with Gasteiger partial charge in [-0.05, 0) is 13.0 Å². The first kappa shape index (κ1) is 9.39. The topological polar surface area (TPSA) is 72.4 Å². The molecule has 0 atom stereocenters. The molecule has 0 unspecified atom stereocenters. The number of nitrogens with zero attached hydrogens (tertiary/aromatic N) is 3. The zero-order valence-electron chi connectivity index (χ0n) is 8.08. The van der Waals surface area contributed by atoms with Gasteiger partial charge in [-0.15, -0.1) is 0 Å². The van der Waals surface area contributed by atoms with Gasteiger partial charge in [0.1, 0.15) is 11.2 Å². The molecule has 0 aliphatic rings. The Morgan fingerprint density at radius 2 is 2.20 bits per heavy atom. The first-order valence-corrected chi connectivity index (χ1v) is 4.40. The Morgan fingerprint density at radius 1 is 1.47 bits per heavy atom. The van der Waals surface area contributed by atoms with E-state index in [4.69, 9.17) is 5.21 Å². The SMILES string of the molecule is C/C(=N\O)c1c[n+]([O-])c2ccccc2n1. The van der Waals surface area contributed by atoms with Gasteiger partial charge in [0.05, 0.1) is 0 Å². The van der Waals surface area contributed by atoms with Crippen molar-refractivity contribution in [3.8, 4) is 0 Å². The molecular weight excluding hydrogens is 194 g/mol. The van der Waals surface area contributed by atoms with E-state index >= 15 is 0 Å². The van der Waals surface area contributed by atoms with Crippen LogP contribution in [0.3, 0.4) is 0 Å². The minimum atomic E-state index is 0.311. The molecule has 0 radical (unpaired) electrons. The van der Waals surface area contributed by atoms with E-state index in [1.54, 1.807) is 31.2 Å². The second-order valence-electron chi connectivity index (χ2n) is 3.13. The molecule has 0 fully saturated rings. The number of oxime groups is 1. The van der Waals surface area contributed by atoms with Crippen molar-refractivity contribution in [2.75, 3.05) is 0 Å². The van der Waals surface area contributed by atoms with Gasteiger partial charge < -0.3 is 10.4 Å². The van der Waals surface area contributed by atoms with Gasteiger partial charge >= 0.3 is 0 Å². The average molecular weight is 203 g/mol. The van der Waals surface area contributed by atoms with Crippen LogP contribution < -0.4 is 4.73 Å². The quantitative estimate of drug-likeness (QED) is 0.248. The molecule has 1 aromatic heterocycles. The fraction of sp³-hybridized carbons (Fsp3) is 0.100. The van der Waals surface area contributed by atoms with E-state index in [1.807, 2.05) is 0 Å². The Labute approximate surface area is 85.9 Å². The molecule has 1 aromatic carbocycles. The van der Waals surface area contributed by atoms with Crippen LogP contribution in [0.25, 0.3) is 11.0 Å². The van der Waals surface area contributed by atoms with Crippen molar-refractivity contribution in [3.63, 3.8) is 0 Å². The summed E-state index contributed by atoms with van der Waals surface area (Å²) in [5.74, 6) is 0. The monoisotopic (exact) mass is 203 g/mol. The second-order valence-corrected chi connectivity index (χ2v) is 3.13. The molecular formula is C10H9N3O2. The summed E-state index contributed by atoms with van der Waals surface area (Å²) in [5, 5.41) is 23.2. The van der Waals surface area contributed by atoms with Crippen LogP contribution >= 0.6 is 0 Å². The lowest BCUT2D eigenvalue weighted by atomic mass is 10.2. The Balaban J connectivity index is 2.73. The summed E-state index contributed by atoms with van der Waals surface area (Å²) >= 11 is 0. The van der Waals surface area contributed by atoms with Crippen LogP contribution in [0.1, 0.15) is 12.6 Å². The summed E-state index contributed by atoms with van der Waals surface area (Å²) < 4.78 is 0.715. The molecule has 0 bridgehead atoms. The van der Waals surface area contributed by atoms with Gasteiger partial charge in [0, 0.05) is 6.07 Å². The molecule has 1 heterocycles. The van der Waals surface area contributed by atoms with Crippen LogP contribution in [0.5, 0.6) is 0 Å². The molecule has 5 heteroatoms. The van der Waals surface area contributed by atoms with E-state index in [1.165, 1.54) is 6.20 Å². The van der Waals surface area contributed by atoms with E-state index in [0.717, 1.165) is 0 Å². The normalized spacial score (nSPS) is 11.9. The van der Waals surface area contributed by atoms with Crippen molar-refractivity contribution in [2.45, 2.75) is 6.92 Å². The Bertz CT molecular complexity index is 537. The van der Waals surface area contributed by atoms with E-state index in [9.17, 15) is 5.21 Å². The van der Waals surface area contributed by atoms with Gasteiger partial charge in [-0.1, -0.05) is 17.3 Å². The predicted molar refractivity (Wildman–Crippen MR) is 54.7 cm³/mol. The van der Waals surface area contributed by atoms with Gasteiger partial charge in [-0.2, -0.15) is 4.73 Å². The molecule has 0 saturated heterocycles. The summed E-state index contributed by atoms with van der Waals surface area (Å²) in [6, 6.07) is 6.98. The Hall–Kier alpha value is -2.17. The van der Waals surface area contributed by atoms with E-state index in [0.29, 0.717) is 27.2 Å². The molecule has 2 aromatic rings. The fourth-order valence-corrected chi connectivity index (χ4v) is 1.31. The number of hydrogen-bond donors (Lipinski definition) is 1. The summed E-state index contributed by atoms with van der Waals surface area (Å²) in [5.41, 5.74) is 1.75. The first-order chi connectivity index (χ1) is 7.22. The maximum atomic E-state index is 11.6. The standard InChI is InChI=1S/C10H9N3O2/c1-7(12-14)9-6-13(15)10-5-3-2-4-8(10)11-9/h2-6,14H,1H3/b12-7+. The smallest absolute Gasteiger partial charge is 0.242 e. The highest BCUT2D eigenvalue weighted by molar-refractivity contribution is 5.97. The number of para-hydroxylation sites is 2. The van der Waals surface area contributed by atoms with Crippen molar-refractivity contribution in [1.29, 1.82) is 0 Å². The minimum absolute atomic E-state index is 0.311. The van der Waals surface area contributed by atoms with Crippen LogP contribution in [-0.4, -0.2) is 15.9 Å². The van der Waals surface area contributed by atoms with Crippen molar-refractivity contribution in [2.24, 2.45) is 5.16 Å². The van der Waals surface area contributed by atoms with Gasteiger partial charge in [-0.25, -0.2) is 4.98 Å². The lowest BCUT2D eigenvalue weighted by molar-refractivity contribution is -0.577. The van der Waals surface area contributed by atoms with E-state index < -0.39 is 0 Å². The third-order valence-electron chi connectivity index (χ3n) is 2.12. The van der Waals surface area contributed by atoms with Crippen LogP contribution in [0.4, 0.5) is 0 Å². The molecule has 0 aliphatic heterocycles. The molecule has 0 spiro atoms. The van der Waals surface area contributed by atoms with Crippen molar-refractivity contribution in [3.05, 3.63) is 41.4 Å². The lowest BCUT2D eigenvalue weighted by Gasteiger charge is -2.03. The van der Waals surface area contributed by atoms with E-state index in [2.05, 4.69) is 10.1 Å². The summed E-state index contributed by atoms with van der Waals surface area (Å²) in [6.45, 7) is 1.58. The van der Waals surface area contributed by atoms with Gasteiger partial charge in [-0.3, -0.25) is 0 Å². The Morgan fingerprint density at radius 3 is 2.93 bits per heavy atom. The molecule has 0 saturated carbocycles. The highest BCUT2D eigenvalue weighted by Gasteiger charge is 2.09. The molecule has 0 amide bonds. The summed E-state index contributed by atoms with van der Waals surface area (Å²) in [4.78, 5) is 4.20. The van der Waals surface area contributed by atoms with Gasteiger partial charge in [0.25, 0.3) is 0 Å². The zero-order valence-corrected chi connectivity index (χ0v) is 8.08. The highest BCUT2D eigenvalue weighted by Crippen LogP contribution is 2.07. The summed E-state index contributed by atoms with van der Waals surface area (Å²) in [7, 11) is 0. The number of aromatic nitrogens is 2. The minimum Gasteiger partial charge on any atom is -0.618 e. The van der Waals surface area contributed by atoms with Crippen molar-refractivity contribution < 1.29 is 9.94 Å². The largest absolute Gasteiger partial charge is 0.618 e.